The molecule has 0 atom stereocenters. The molecule has 2 rings (SSSR count). The highest BCUT2D eigenvalue weighted by Gasteiger charge is 2.07. The second kappa shape index (κ2) is 3.93. The van der Waals surface area contributed by atoms with Gasteiger partial charge in [-0.25, -0.2) is 0 Å². The Bertz CT molecular complexity index is 464. The van der Waals surface area contributed by atoms with E-state index in [9.17, 15) is 0 Å². The van der Waals surface area contributed by atoms with E-state index in [0.29, 0.717) is 6.54 Å². The van der Waals surface area contributed by atoms with Crippen LogP contribution in [0.5, 0.6) is 0 Å². The molecule has 0 radical (unpaired) electrons. The number of rotatable bonds is 2. The molecule has 0 saturated carbocycles. The van der Waals surface area contributed by atoms with E-state index in [2.05, 4.69) is 15.9 Å². The Balaban J connectivity index is 2.70. The van der Waals surface area contributed by atoms with Crippen LogP contribution in [0.15, 0.2) is 28.7 Å². The number of nitrogens with two attached hydrogens (primary N) is 1. The Kier molecular flexibility index (Phi) is 2.81. The van der Waals surface area contributed by atoms with Crippen LogP contribution in [-0.2, 0) is 6.54 Å². The second-order valence-corrected chi connectivity index (χ2v) is 4.32. The summed E-state index contributed by atoms with van der Waals surface area (Å²) in [5, 5.41) is 1.86. The maximum Gasteiger partial charge on any atom is 0.110 e. The predicted octanol–water partition coefficient (Wildman–Crippen LogP) is 3.02. The van der Waals surface area contributed by atoms with E-state index < -0.39 is 0 Å². The highest BCUT2D eigenvalue weighted by atomic mass is 79.9. The SMILES string of the molecule is NCCn1c(Cl)cc2c(Br)cccc21. The Labute approximate surface area is 95.8 Å². The molecule has 0 unspecified atom stereocenters. The van der Waals surface area contributed by atoms with E-state index in [1.165, 1.54) is 0 Å². The van der Waals surface area contributed by atoms with Crippen LogP contribution in [0.1, 0.15) is 0 Å². The Morgan fingerprint density at radius 1 is 1.43 bits per heavy atom. The lowest BCUT2D eigenvalue weighted by Crippen LogP contribution is -2.09. The maximum atomic E-state index is 6.10. The van der Waals surface area contributed by atoms with Gasteiger partial charge in [0.15, 0.2) is 0 Å². The molecule has 1 heterocycles. The molecule has 2 N–H and O–H groups in total. The first-order valence-corrected chi connectivity index (χ1v) is 5.54. The lowest BCUT2D eigenvalue weighted by molar-refractivity contribution is 0.736. The third kappa shape index (κ3) is 1.56. The monoisotopic (exact) mass is 272 g/mol. The third-order valence-corrected chi connectivity index (χ3v) is 3.20. The average molecular weight is 274 g/mol. The van der Waals surface area contributed by atoms with Gasteiger partial charge in [-0.05, 0) is 18.2 Å². The number of aromatic nitrogens is 1. The minimum atomic E-state index is 0.593. The molecular weight excluding hydrogens is 263 g/mol. The molecule has 0 aliphatic rings. The summed E-state index contributed by atoms with van der Waals surface area (Å²) in [5.74, 6) is 0. The van der Waals surface area contributed by atoms with E-state index in [-0.39, 0.29) is 0 Å². The standard InChI is InChI=1S/C10H10BrClN2/c11-8-2-1-3-9-7(8)6-10(12)14(9)5-4-13/h1-3,6H,4-5,13H2. The maximum absolute atomic E-state index is 6.10. The summed E-state index contributed by atoms with van der Waals surface area (Å²) >= 11 is 9.60. The zero-order chi connectivity index (χ0) is 10.1. The normalized spacial score (nSPS) is 11.1. The number of hydrogen-bond donors (Lipinski definition) is 1. The number of halogens is 2. The van der Waals surface area contributed by atoms with Crippen molar-refractivity contribution < 1.29 is 0 Å². The van der Waals surface area contributed by atoms with Crippen molar-refractivity contribution in [1.29, 1.82) is 0 Å². The minimum absolute atomic E-state index is 0.593. The molecule has 1 aromatic heterocycles. The Morgan fingerprint density at radius 3 is 2.93 bits per heavy atom. The zero-order valence-corrected chi connectivity index (χ0v) is 9.85. The van der Waals surface area contributed by atoms with Crippen molar-refractivity contribution in [2.24, 2.45) is 5.73 Å². The molecule has 1 aromatic carbocycles. The van der Waals surface area contributed by atoms with Gasteiger partial charge in [-0.15, -0.1) is 0 Å². The molecule has 0 bridgehead atoms. The van der Waals surface area contributed by atoms with Gasteiger partial charge in [-0.1, -0.05) is 33.6 Å². The fraction of sp³-hybridized carbons (Fsp3) is 0.200. The highest BCUT2D eigenvalue weighted by Crippen LogP contribution is 2.29. The molecule has 0 spiro atoms. The number of benzene rings is 1. The van der Waals surface area contributed by atoms with E-state index >= 15 is 0 Å². The van der Waals surface area contributed by atoms with Gasteiger partial charge in [0.2, 0.25) is 0 Å². The third-order valence-electron chi connectivity index (χ3n) is 2.19. The van der Waals surface area contributed by atoms with Gasteiger partial charge < -0.3 is 10.3 Å². The van der Waals surface area contributed by atoms with E-state index in [4.69, 9.17) is 17.3 Å². The summed E-state index contributed by atoms with van der Waals surface area (Å²) in [6.07, 6.45) is 0. The Hall–Kier alpha value is -0.510. The summed E-state index contributed by atoms with van der Waals surface area (Å²) in [4.78, 5) is 0. The van der Waals surface area contributed by atoms with Crippen LogP contribution in [0, 0.1) is 0 Å². The predicted molar refractivity (Wildman–Crippen MR) is 63.7 cm³/mol. The molecule has 14 heavy (non-hydrogen) atoms. The lowest BCUT2D eigenvalue weighted by Gasteiger charge is -2.04. The molecule has 0 aliphatic heterocycles. The van der Waals surface area contributed by atoms with Crippen LogP contribution in [0.3, 0.4) is 0 Å². The molecule has 0 aliphatic carbocycles. The first kappa shape index (κ1) is 10.0. The van der Waals surface area contributed by atoms with Crippen LogP contribution in [0.2, 0.25) is 5.15 Å². The van der Waals surface area contributed by atoms with Gasteiger partial charge in [0, 0.05) is 22.9 Å². The van der Waals surface area contributed by atoms with Gasteiger partial charge in [-0.3, -0.25) is 0 Å². The van der Waals surface area contributed by atoms with Crippen molar-refractivity contribution in [2.45, 2.75) is 6.54 Å². The van der Waals surface area contributed by atoms with Crippen LogP contribution < -0.4 is 5.73 Å². The quantitative estimate of drug-likeness (QED) is 0.896. The molecule has 2 aromatic rings. The van der Waals surface area contributed by atoms with Crippen molar-refractivity contribution in [3.05, 3.63) is 33.9 Å². The smallest absolute Gasteiger partial charge is 0.110 e. The molecule has 74 valence electrons. The second-order valence-electron chi connectivity index (χ2n) is 3.08. The molecule has 0 fully saturated rings. The largest absolute Gasteiger partial charge is 0.330 e. The van der Waals surface area contributed by atoms with Crippen molar-refractivity contribution in [1.82, 2.24) is 4.57 Å². The Morgan fingerprint density at radius 2 is 2.21 bits per heavy atom. The lowest BCUT2D eigenvalue weighted by atomic mass is 10.2. The average Bonchev–Trinajstić information content (AvgIpc) is 2.47. The summed E-state index contributed by atoms with van der Waals surface area (Å²) in [6.45, 7) is 1.34. The number of hydrogen-bond acceptors (Lipinski definition) is 1. The topological polar surface area (TPSA) is 30.9 Å². The van der Waals surface area contributed by atoms with Gasteiger partial charge in [0.05, 0.1) is 5.52 Å². The van der Waals surface area contributed by atoms with Crippen LogP contribution >= 0.6 is 27.5 Å². The van der Waals surface area contributed by atoms with Gasteiger partial charge in [0.1, 0.15) is 5.15 Å². The fourth-order valence-corrected chi connectivity index (χ4v) is 2.33. The minimum Gasteiger partial charge on any atom is -0.330 e. The molecule has 2 nitrogen and oxygen atoms in total. The summed E-state index contributed by atoms with van der Waals surface area (Å²) < 4.78 is 3.08. The van der Waals surface area contributed by atoms with Crippen LogP contribution in [0.25, 0.3) is 10.9 Å². The van der Waals surface area contributed by atoms with Crippen LogP contribution in [-0.4, -0.2) is 11.1 Å². The van der Waals surface area contributed by atoms with E-state index in [1.54, 1.807) is 0 Å². The zero-order valence-electron chi connectivity index (χ0n) is 7.50. The van der Waals surface area contributed by atoms with Crippen molar-refractivity contribution in [2.75, 3.05) is 6.54 Å². The first-order chi connectivity index (χ1) is 6.74. The molecule has 0 amide bonds. The van der Waals surface area contributed by atoms with Gasteiger partial charge >= 0.3 is 0 Å². The molecule has 0 saturated heterocycles. The van der Waals surface area contributed by atoms with Gasteiger partial charge in [-0.2, -0.15) is 0 Å². The van der Waals surface area contributed by atoms with E-state index in [0.717, 1.165) is 27.1 Å². The number of fused-ring (bicyclic) bond motifs is 1. The summed E-state index contributed by atoms with van der Waals surface area (Å²) in [6, 6.07) is 8.00. The highest BCUT2D eigenvalue weighted by molar-refractivity contribution is 9.10. The van der Waals surface area contributed by atoms with Gasteiger partial charge in [0.25, 0.3) is 0 Å². The molecule has 4 heteroatoms. The first-order valence-electron chi connectivity index (χ1n) is 4.37. The van der Waals surface area contributed by atoms with E-state index in [1.807, 2.05) is 28.8 Å². The summed E-state index contributed by atoms with van der Waals surface area (Å²) in [5.41, 5.74) is 6.65. The summed E-state index contributed by atoms with van der Waals surface area (Å²) in [7, 11) is 0. The van der Waals surface area contributed by atoms with Crippen LogP contribution in [0.4, 0.5) is 0 Å². The van der Waals surface area contributed by atoms with Crippen molar-refractivity contribution in [3.63, 3.8) is 0 Å². The number of nitrogens with zero attached hydrogens (tertiary/aromatic N) is 1. The van der Waals surface area contributed by atoms with Crippen molar-refractivity contribution in [3.8, 4) is 0 Å². The molecular formula is C10H10BrClN2. The van der Waals surface area contributed by atoms with Crippen molar-refractivity contribution >= 4 is 38.4 Å². The fourth-order valence-electron chi connectivity index (χ4n) is 1.57.